The third kappa shape index (κ3) is 2.53. The van der Waals surface area contributed by atoms with E-state index in [1.165, 1.54) is 51.2 Å². The van der Waals surface area contributed by atoms with E-state index in [2.05, 4.69) is 31.2 Å². The Morgan fingerprint density at radius 1 is 0.833 bits per heavy atom. The first-order chi connectivity index (χ1) is 11.5. The van der Waals surface area contributed by atoms with Gasteiger partial charge in [0.1, 0.15) is 0 Å². The predicted molar refractivity (Wildman–Crippen MR) is 95.9 cm³/mol. The Balaban J connectivity index is 1.60. The molecule has 2 heteroatoms. The van der Waals surface area contributed by atoms with Crippen LogP contribution >= 0.6 is 0 Å². The average molecular weight is 324 g/mol. The summed E-state index contributed by atoms with van der Waals surface area (Å²) in [5, 5.41) is 0. The highest BCUT2D eigenvalue weighted by molar-refractivity contribution is 5.65. The minimum atomic E-state index is -0.309. The average Bonchev–Trinajstić information content (AvgIpc) is 2.63. The van der Waals surface area contributed by atoms with E-state index in [1.807, 2.05) is 6.07 Å². The van der Waals surface area contributed by atoms with Gasteiger partial charge in [0.25, 0.3) is 0 Å². The quantitative estimate of drug-likeness (QED) is 0.661. The summed E-state index contributed by atoms with van der Waals surface area (Å²) in [4.78, 5) is 0. The van der Waals surface area contributed by atoms with E-state index in [0.29, 0.717) is 16.6 Å². The van der Waals surface area contributed by atoms with Gasteiger partial charge < -0.3 is 4.74 Å². The van der Waals surface area contributed by atoms with Crippen molar-refractivity contribution in [1.29, 1.82) is 0 Å². The van der Waals surface area contributed by atoms with Crippen LogP contribution in [0.4, 0.5) is 4.39 Å². The molecule has 126 valence electrons. The number of halogens is 1. The van der Waals surface area contributed by atoms with Crippen molar-refractivity contribution in [2.75, 3.05) is 7.11 Å². The monoisotopic (exact) mass is 324 g/mol. The maximum absolute atomic E-state index is 13.9. The smallest absolute Gasteiger partial charge is 0.165 e. The molecule has 3 saturated carbocycles. The lowest BCUT2D eigenvalue weighted by Gasteiger charge is -2.52. The van der Waals surface area contributed by atoms with Gasteiger partial charge in [-0.05, 0) is 78.2 Å². The lowest BCUT2D eigenvalue weighted by molar-refractivity contribution is 0.0556. The van der Waals surface area contributed by atoms with Crippen LogP contribution in [0.15, 0.2) is 42.5 Å². The van der Waals surface area contributed by atoms with Gasteiger partial charge in [-0.2, -0.15) is 0 Å². The van der Waals surface area contributed by atoms with Gasteiger partial charge in [-0.3, -0.25) is 0 Å². The Hall–Kier alpha value is -1.83. The van der Waals surface area contributed by atoms with Gasteiger partial charge in [-0.25, -0.2) is 4.39 Å². The maximum Gasteiger partial charge on any atom is 0.165 e. The molecule has 3 fully saturated rings. The van der Waals surface area contributed by atoms with Gasteiger partial charge >= 0.3 is 0 Å². The van der Waals surface area contributed by atoms with Gasteiger partial charge in [0, 0.05) is 0 Å². The van der Waals surface area contributed by atoms with Gasteiger partial charge in [0.05, 0.1) is 7.11 Å². The van der Waals surface area contributed by atoms with Crippen molar-refractivity contribution in [2.45, 2.75) is 50.9 Å². The van der Waals surface area contributed by atoms with Crippen molar-refractivity contribution in [3.05, 3.63) is 53.8 Å². The fourth-order valence-electron chi connectivity index (χ4n) is 4.67. The zero-order valence-electron chi connectivity index (χ0n) is 14.6. The fraction of sp³-hybridized carbons (Fsp3) is 0.455. The Morgan fingerprint density at radius 2 is 1.42 bits per heavy atom. The molecule has 0 unspecified atom stereocenters. The molecule has 2 aromatic carbocycles. The SMILES string of the molecule is COc1ccc(-c2ccc(C34CCC(C)(CC3)CC4)cc2)cc1F. The summed E-state index contributed by atoms with van der Waals surface area (Å²) in [5.74, 6) is -0.0155. The minimum Gasteiger partial charge on any atom is -0.494 e. The molecular weight excluding hydrogens is 299 g/mol. The second-order valence-corrected chi connectivity index (χ2v) is 8.02. The topological polar surface area (TPSA) is 9.23 Å². The third-order valence-corrected chi connectivity index (χ3v) is 6.60. The fourth-order valence-corrected chi connectivity index (χ4v) is 4.67. The van der Waals surface area contributed by atoms with Crippen LogP contribution in [0.2, 0.25) is 0 Å². The van der Waals surface area contributed by atoms with E-state index in [4.69, 9.17) is 4.74 Å². The van der Waals surface area contributed by atoms with Crippen molar-refractivity contribution in [1.82, 2.24) is 0 Å². The second kappa shape index (κ2) is 5.61. The van der Waals surface area contributed by atoms with Crippen molar-refractivity contribution < 1.29 is 9.13 Å². The Bertz CT molecular complexity index is 723. The number of rotatable bonds is 3. The highest BCUT2D eigenvalue weighted by Gasteiger charge is 2.46. The Labute approximate surface area is 143 Å². The summed E-state index contributed by atoms with van der Waals surface area (Å²) >= 11 is 0. The number of benzene rings is 2. The molecule has 0 atom stereocenters. The molecule has 0 radical (unpaired) electrons. The van der Waals surface area contributed by atoms with E-state index in [0.717, 1.165) is 11.1 Å². The molecule has 0 aliphatic heterocycles. The van der Waals surface area contributed by atoms with Gasteiger partial charge in [-0.15, -0.1) is 0 Å². The summed E-state index contributed by atoms with van der Waals surface area (Å²) in [5.41, 5.74) is 4.43. The molecule has 1 nitrogen and oxygen atoms in total. The zero-order valence-corrected chi connectivity index (χ0v) is 14.6. The summed E-state index contributed by atoms with van der Waals surface area (Å²) in [6.45, 7) is 2.46. The van der Waals surface area contributed by atoms with Crippen LogP contribution in [0.1, 0.15) is 51.0 Å². The molecule has 5 rings (SSSR count). The van der Waals surface area contributed by atoms with Crippen LogP contribution in [-0.4, -0.2) is 7.11 Å². The summed E-state index contributed by atoms with van der Waals surface area (Å²) in [6, 6.07) is 14.0. The first-order valence-corrected chi connectivity index (χ1v) is 8.98. The van der Waals surface area contributed by atoms with Crippen LogP contribution in [0.3, 0.4) is 0 Å². The molecule has 0 N–H and O–H groups in total. The van der Waals surface area contributed by atoms with Crippen LogP contribution in [0.5, 0.6) is 5.75 Å². The van der Waals surface area contributed by atoms with Crippen molar-refractivity contribution in [2.24, 2.45) is 5.41 Å². The summed E-state index contributed by atoms with van der Waals surface area (Å²) < 4.78 is 18.9. The highest BCUT2D eigenvalue weighted by Crippen LogP contribution is 2.57. The normalized spacial score (nSPS) is 28.8. The minimum absolute atomic E-state index is 0.293. The molecule has 0 spiro atoms. The second-order valence-electron chi connectivity index (χ2n) is 8.02. The summed E-state index contributed by atoms with van der Waals surface area (Å²) in [6.07, 6.45) is 8.04. The lowest BCUT2D eigenvalue weighted by Crippen LogP contribution is -2.42. The molecule has 2 aromatic rings. The molecule has 0 saturated heterocycles. The van der Waals surface area contributed by atoms with Crippen LogP contribution in [0, 0.1) is 11.2 Å². The van der Waals surface area contributed by atoms with E-state index in [-0.39, 0.29) is 5.82 Å². The molecule has 0 aromatic heterocycles. The largest absolute Gasteiger partial charge is 0.494 e. The molecule has 0 heterocycles. The van der Waals surface area contributed by atoms with Gasteiger partial charge in [0.15, 0.2) is 11.6 Å². The van der Waals surface area contributed by atoms with E-state index >= 15 is 0 Å². The van der Waals surface area contributed by atoms with Crippen LogP contribution in [0.25, 0.3) is 11.1 Å². The highest BCUT2D eigenvalue weighted by atomic mass is 19.1. The predicted octanol–water partition coefficient (Wildman–Crippen LogP) is 6.11. The maximum atomic E-state index is 13.9. The molecule has 3 aliphatic rings. The number of hydrogen-bond acceptors (Lipinski definition) is 1. The first kappa shape index (κ1) is 15.7. The third-order valence-electron chi connectivity index (χ3n) is 6.60. The van der Waals surface area contributed by atoms with Crippen LogP contribution < -0.4 is 4.74 Å². The molecule has 24 heavy (non-hydrogen) atoms. The Kier molecular flexibility index (Phi) is 3.67. The first-order valence-electron chi connectivity index (χ1n) is 8.98. The standard InChI is InChI=1S/C22H25FO/c1-21-9-12-22(13-10-21,14-11-21)18-6-3-16(4-7-18)17-5-8-20(24-2)19(23)15-17/h3-8,15H,9-14H2,1-2H3. The number of ether oxygens (including phenoxy) is 1. The molecule has 3 aliphatic carbocycles. The number of fused-ring (bicyclic) bond motifs is 3. The zero-order chi connectivity index (χ0) is 16.8. The van der Waals surface area contributed by atoms with E-state index in [9.17, 15) is 4.39 Å². The van der Waals surface area contributed by atoms with Gasteiger partial charge in [-0.1, -0.05) is 37.3 Å². The van der Waals surface area contributed by atoms with Gasteiger partial charge in [0.2, 0.25) is 0 Å². The number of methoxy groups -OCH3 is 1. The van der Waals surface area contributed by atoms with Crippen molar-refractivity contribution in [3.63, 3.8) is 0 Å². The molecular formula is C22H25FO. The van der Waals surface area contributed by atoms with Crippen molar-refractivity contribution >= 4 is 0 Å². The summed E-state index contributed by atoms with van der Waals surface area (Å²) in [7, 11) is 1.49. The van der Waals surface area contributed by atoms with Crippen LogP contribution in [-0.2, 0) is 5.41 Å². The van der Waals surface area contributed by atoms with Crippen molar-refractivity contribution in [3.8, 4) is 16.9 Å². The lowest BCUT2D eigenvalue weighted by atomic mass is 9.52. The molecule has 0 amide bonds. The molecule has 2 bridgehead atoms. The number of hydrogen-bond donors (Lipinski definition) is 0. The van der Waals surface area contributed by atoms with E-state index < -0.39 is 0 Å². The van der Waals surface area contributed by atoms with E-state index in [1.54, 1.807) is 12.1 Å². The Morgan fingerprint density at radius 3 is 1.96 bits per heavy atom.